The molecule has 0 fully saturated rings. The van der Waals surface area contributed by atoms with Gasteiger partial charge in [-0.25, -0.2) is 9.97 Å². The Hall–Kier alpha value is -3.28. The Morgan fingerprint density at radius 1 is 1.10 bits per heavy atom. The molecule has 0 aliphatic rings. The lowest BCUT2D eigenvalue weighted by molar-refractivity contribution is 0.0790. The number of rotatable bonds is 7. The molecule has 0 atom stereocenters. The summed E-state index contributed by atoms with van der Waals surface area (Å²) in [6, 6.07) is 10.1. The quantitative estimate of drug-likeness (QED) is 0.650. The van der Waals surface area contributed by atoms with Crippen LogP contribution in [0.25, 0.3) is 0 Å². The number of aromatic nitrogens is 3. The van der Waals surface area contributed by atoms with Crippen LogP contribution in [0.1, 0.15) is 46.9 Å². The third kappa shape index (κ3) is 5.16. The Morgan fingerprint density at radius 3 is 2.52 bits per heavy atom. The maximum atomic E-state index is 12.6. The van der Waals surface area contributed by atoms with Gasteiger partial charge < -0.3 is 10.2 Å². The molecule has 0 saturated carbocycles. The van der Waals surface area contributed by atoms with E-state index >= 15 is 0 Å². The maximum Gasteiger partial charge on any atom is 0.273 e. The van der Waals surface area contributed by atoms with Crippen molar-refractivity contribution < 1.29 is 4.79 Å². The van der Waals surface area contributed by atoms with Gasteiger partial charge in [-0.2, -0.15) is 0 Å². The van der Waals surface area contributed by atoms with Gasteiger partial charge in [-0.15, -0.1) is 0 Å². The second kappa shape index (κ2) is 9.28. The summed E-state index contributed by atoms with van der Waals surface area (Å²) < 4.78 is 0. The first-order valence-corrected chi connectivity index (χ1v) is 9.78. The average molecular weight is 390 g/mol. The fourth-order valence-electron chi connectivity index (χ4n) is 3.12. The van der Waals surface area contributed by atoms with Gasteiger partial charge in [0.1, 0.15) is 11.5 Å². The molecule has 29 heavy (non-hydrogen) atoms. The van der Waals surface area contributed by atoms with Crippen LogP contribution in [-0.2, 0) is 6.42 Å². The van der Waals surface area contributed by atoms with Crippen molar-refractivity contribution in [2.24, 2.45) is 0 Å². The van der Waals surface area contributed by atoms with E-state index in [0.29, 0.717) is 24.0 Å². The van der Waals surface area contributed by atoms with Gasteiger partial charge in [-0.05, 0) is 48.1 Å². The van der Waals surface area contributed by atoms with Crippen molar-refractivity contribution in [1.29, 1.82) is 0 Å². The molecule has 150 valence electrons. The first kappa shape index (κ1) is 20.5. The van der Waals surface area contributed by atoms with Gasteiger partial charge in [-0.3, -0.25) is 9.78 Å². The van der Waals surface area contributed by atoms with Crippen LogP contribution in [0.3, 0.4) is 0 Å². The van der Waals surface area contributed by atoms with E-state index in [1.165, 1.54) is 11.8 Å². The van der Waals surface area contributed by atoms with E-state index in [1.54, 1.807) is 30.5 Å². The van der Waals surface area contributed by atoms with Crippen LogP contribution in [0.2, 0.25) is 0 Å². The molecule has 0 saturated heterocycles. The van der Waals surface area contributed by atoms with Crippen molar-refractivity contribution in [2.75, 3.05) is 18.9 Å². The number of anilines is 2. The molecule has 0 radical (unpaired) electrons. The smallest absolute Gasteiger partial charge is 0.273 e. The van der Waals surface area contributed by atoms with Crippen LogP contribution >= 0.6 is 0 Å². The highest BCUT2D eigenvalue weighted by Gasteiger charge is 2.15. The Labute approximate surface area is 172 Å². The van der Waals surface area contributed by atoms with E-state index in [9.17, 15) is 4.79 Å². The van der Waals surface area contributed by atoms with E-state index in [1.807, 2.05) is 12.1 Å². The molecule has 0 aliphatic carbocycles. The van der Waals surface area contributed by atoms with Gasteiger partial charge in [0, 0.05) is 31.7 Å². The van der Waals surface area contributed by atoms with Crippen LogP contribution in [0.15, 0.2) is 55.1 Å². The molecular weight excluding hydrogens is 362 g/mol. The van der Waals surface area contributed by atoms with Gasteiger partial charge in [0.15, 0.2) is 0 Å². The average Bonchev–Trinajstić information content (AvgIpc) is 2.74. The van der Waals surface area contributed by atoms with E-state index < -0.39 is 0 Å². The number of nitrogens with one attached hydrogen (secondary N) is 1. The van der Waals surface area contributed by atoms with Crippen LogP contribution < -0.4 is 5.32 Å². The Balaban J connectivity index is 1.66. The number of carbonyl (C=O) groups is 1. The predicted octanol–water partition coefficient (Wildman–Crippen LogP) is 4.36. The molecule has 6 heteroatoms. The molecule has 2 aromatic heterocycles. The third-order valence-corrected chi connectivity index (χ3v) is 4.88. The number of nitrogens with zero attached hydrogens (tertiary/aromatic N) is 4. The maximum absolute atomic E-state index is 12.6. The van der Waals surface area contributed by atoms with Crippen molar-refractivity contribution in [3.8, 4) is 0 Å². The van der Waals surface area contributed by atoms with E-state index in [2.05, 4.69) is 59.2 Å². The van der Waals surface area contributed by atoms with Crippen LogP contribution in [-0.4, -0.2) is 39.4 Å². The lowest BCUT2D eigenvalue weighted by atomic mass is 9.98. The van der Waals surface area contributed by atoms with Crippen LogP contribution in [0, 0.1) is 6.92 Å². The zero-order valence-electron chi connectivity index (χ0n) is 17.4. The van der Waals surface area contributed by atoms with Crippen molar-refractivity contribution in [1.82, 2.24) is 19.9 Å². The van der Waals surface area contributed by atoms with E-state index in [-0.39, 0.29) is 5.91 Å². The summed E-state index contributed by atoms with van der Waals surface area (Å²) >= 11 is 0. The summed E-state index contributed by atoms with van der Waals surface area (Å²) in [7, 11) is 1.78. The molecular formula is C23H27N5O. The summed E-state index contributed by atoms with van der Waals surface area (Å²) in [6.07, 6.45) is 7.42. The molecule has 1 aromatic carbocycles. The summed E-state index contributed by atoms with van der Waals surface area (Å²) in [5, 5.41) is 3.36. The zero-order chi connectivity index (χ0) is 20.8. The van der Waals surface area contributed by atoms with Crippen molar-refractivity contribution >= 4 is 17.4 Å². The molecule has 0 aliphatic heterocycles. The van der Waals surface area contributed by atoms with Gasteiger partial charge >= 0.3 is 0 Å². The lowest BCUT2D eigenvalue weighted by Gasteiger charge is -2.18. The summed E-state index contributed by atoms with van der Waals surface area (Å²) in [4.78, 5) is 27.0. The number of carbonyl (C=O) groups excluding carboxylic acids is 1. The molecule has 1 amide bonds. The summed E-state index contributed by atoms with van der Waals surface area (Å²) in [5.74, 6) is 0.870. The highest BCUT2D eigenvalue weighted by molar-refractivity contribution is 5.92. The highest BCUT2D eigenvalue weighted by atomic mass is 16.2. The molecule has 0 bridgehead atoms. The molecule has 0 unspecified atom stereocenters. The van der Waals surface area contributed by atoms with Gasteiger partial charge in [0.2, 0.25) is 0 Å². The number of hydrogen-bond donors (Lipinski definition) is 1. The minimum Gasteiger partial charge on any atom is -0.340 e. The number of pyridine rings is 1. The van der Waals surface area contributed by atoms with Gasteiger partial charge in [-0.1, -0.05) is 32.0 Å². The highest BCUT2D eigenvalue weighted by Crippen LogP contribution is 2.29. The second-order valence-electron chi connectivity index (χ2n) is 7.44. The predicted molar refractivity (Wildman–Crippen MR) is 115 cm³/mol. The fourth-order valence-corrected chi connectivity index (χ4v) is 3.12. The molecule has 0 spiro atoms. The number of para-hydroxylation sites is 1. The molecule has 3 aromatic rings. The largest absolute Gasteiger partial charge is 0.340 e. The van der Waals surface area contributed by atoms with Crippen LogP contribution in [0.4, 0.5) is 11.5 Å². The van der Waals surface area contributed by atoms with E-state index in [4.69, 9.17) is 0 Å². The van der Waals surface area contributed by atoms with Gasteiger partial charge in [0.05, 0.1) is 12.4 Å². The first-order chi connectivity index (χ1) is 14.0. The molecule has 1 N–H and O–H groups in total. The zero-order valence-corrected chi connectivity index (χ0v) is 17.4. The number of benzene rings is 1. The topological polar surface area (TPSA) is 71.0 Å². The van der Waals surface area contributed by atoms with Crippen molar-refractivity contribution in [3.05, 3.63) is 77.5 Å². The standard InChI is InChI=1S/C23H27N5O/c1-16(2)19-7-5-6-17(3)22(19)27-21-15-25-20(14-26-21)23(29)28(4)13-10-18-8-11-24-12-9-18/h5-9,11-12,14-16H,10,13H2,1-4H3,(H,26,27). The van der Waals surface area contributed by atoms with Crippen molar-refractivity contribution in [2.45, 2.75) is 33.1 Å². The van der Waals surface area contributed by atoms with Crippen LogP contribution in [0.5, 0.6) is 0 Å². The normalized spacial score (nSPS) is 10.8. The monoisotopic (exact) mass is 389 g/mol. The SMILES string of the molecule is Cc1cccc(C(C)C)c1Nc1cnc(C(=O)N(C)CCc2ccncc2)cn1. The Morgan fingerprint density at radius 2 is 1.86 bits per heavy atom. The molecule has 2 heterocycles. The third-order valence-electron chi connectivity index (χ3n) is 4.88. The van der Waals surface area contributed by atoms with Gasteiger partial charge in [0.25, 0.3) is 5.91 Å². The lowest BCUT2D eigenvalue weighted by Crippen LogP contribution is -2.29. The minimum atomic E-state index is -0.142. The number of amides is 1. The number of likely N-dealkylation sites (N-methyl/N-ethyl adjacent to an activating group) is 1. The number of hydrogen-bond acceptors (Lipinski definition) is 5. The first-order valence-electron chi connectivity index (χ1n) is 9.78. The second-order valence-corrected chi connectivity index (χ2v) is 7.44. The molecule has 6 nitrogen and oxygen atoms in total. The summed E-state index contributed by atoms with van der Waals surface area (Å²) in [5.41, 5.74) is 4.90. The molecule has 3 rings (SSSR count). The fraction of sp³-hybridized carbons (Fsp3) is 0.304. The Bertz CT molecular complexity index is 955. The minimum absolute atomic E-state index is 0.142. The van der Waals surface area contributed by atoms with E-state index in [0.717, 1.165) is 23.2 Å². The summed E-state index contributed by atoms with van der Waals surface area (Å²) in [6.45, 7) is 6.99. The Kier molecular flexibility index (Phi) is 6.54. The van der Waals surface area contributed by atoms with Crippen molar-refractivity contribution in [3.63, 3.8) is 0 Å². The number of aryl methyl sites for hydroxylation is 1.